The number of hydrogen-bond acceptors (Lipinski definition) is 3. The molecule has 1 saturated carbocycles. The van der Waals surface area contributed by atoms with Gasteiger partial charge < -0.3 is 0 Å². The van der Waals surface area contributed by atoms with Crippen molar-refractivity contribution in [1.82, 2.24) is 9.97 Å². The molecule has 1 aliphatic rings. The third-order valence-electron chi connectivity index (χ3n) is 3.86. The number of thiol groups is 1. The molecule has 94 valence electrons. The molecule has 1 heterocycles. The molecule has 1 aromatic heterocycles. The molecule has 2 unspecified atom stereocenters. The largest absolute Gasteiger partial charge is 0.250 e. The molecule has 3 heteroatoms. The molecule has 18 heavy (non-hydrogen) atoms. The second-order valence-corrected chi connectivity index (χ2v) is 5.80. The van der Waals surface area contributed by atoms with Crippen LogP contribution in [0.3, 0.4) is 0 Å². The van der Waals surface area contributed by atoms with Crippen LogP contribution in [-0.4, -0.2) is 15.2 Å². The van der Waals surface area contributed by atoms with Gasteiger partial charge >= 0.3 is 0 Å². The quantitative estimate of drug-likeness (QED) is 0.785. The standard InChI is InChI=1S/C15H18N2S/c1-10-15(11-6-2-5-9-14(11)18)17-13-8-4-3-7-12(13)16-10/h3-4,7-8,11,14,18H,2,5-6,9H2,1H3. The van der Waals surface area contributed by atoms with Crippen molar-refractivity contribution >= 4 is 23.7 Å². The highest BCUT2D eigenvalue weighted by atomic mass is 32.1. The van der Waals surface area contributed by atoms with Crippen molar-refractivity contribution in [3.05, 3.63) is 35.7 Å². The van der Waals surface area contributed by atoms with Gasteiger partial charge in [-0.25, -0.2) is 9.97 Å². The molecule has 0 N–H and O–H groups in total. The first-order valence-electron chi connectivity index (χ1n) is 6.67. The summed E-state index contributed by atoms with van der Waals surface area (Å²) in [7, 11) is 0. The predicted molar refractivity (Wildman–Crippen MR) is 78.3 cm³/mol. The molecular weight excluding hydrogens is 240 g/mol. The van der Waals surface area contributed by atoms with Crippen LogP contribution in [0.25, 0.3) is 11.0 Å². The van der Waals surface area contributed by atoms with E-state index in [-0.39, 0.29) is 0 Å². The highest BCUT2D eigenvalue weighted by Gasteiger charge is 2.26. The number of hydrogen-bond donors (Lipinski definition) is 1. The number of fused-ring (bicyclic) bond motifs is 1. The smallest absolute Gasteiger partial charge is 0.0890 e. The average Bonchev–Trinajstić information content (AvgIpc) is 2.39. The second-order valence-electron chi connectivity index (χ2n) is 5.14. The molecule has 1 aromatic carbocycles. The highest BCUT2D eigenvalue weighted by molar-refractivity contribution is 7.81. The van der Waals surface area contributed by atoms with Crippen molar-refractivity contribution in [1.29, 1.82) is 0 Å². The van der Waals surface area contributed by atoms with Crippen LogP contribution in [0.5, 0.6) is 0 Å². The number of aryl methyl sites for hydroxylation is 1. The predicted octanol–water partition coefficient (Wildman–Crippen LogP) is 3.89. The van der Waals surface area contributed by atoms with Crippen molar-refractivity contribution in [2.75, 3.05) is 0 Å². The monoisotopic (exact) mass is 258 g/mol. The van der Waals surface area contributed by atoms with Gasteiger partial charge in [-0.1, -0.05) is 25.0 Å². The summed E-state index contributed by atoms with van der Waals surface area (Å²) in [6.45, 7) is 2.07. The van der Waals surface area contributed by atoms with Gasteiger partial charge in [0, 0.05) is 11.2 Å². The molecule has 2 atom stereocenters. The number of para-hydroxylation sites is 2. The Morgan fingerprint density at radius 3 is 2.44 bits per heavy atom. The lowest BCUT2D eigenvalue weighted by molar-refractivity contribution is 0.449. The Labute approximate surface area is 113 Å². The Balaban J connectivity index is 2.07. The van der Waals surface area contributed by atoms with Crippen LogP contribution in [0.2, 0.25) is 0 Å². The van der Waals surface area contributed by atoms with Gasteiger partial charge in [-0.3, -0.25) is 0 Å². The van der Waals surface area contributed by atoms with Gasteiger partial charge in [0.1, 0.15) is 0 Å². The molecule has 0 amide bonds. The molecule has 1 aliphatic carbocycles. The summed E-state index contributed by atoms with van der Waals surface area (Å²) in [5, 5.41) is 0.438. The van der Waals surface area contributed by atoms with Gasteiger partial charge in [-0.15, -0.1) is 0 Å². The number of rotatable bonds is 1. The fraction of sp³-hybridized carbons (Fsp3) is 0.467. The van der Waals surface area contributed by atoms with E-state index in [0.29, 0.717) is 11.2 Å². The zero-order valence-electron chi connectivity index (χ0n) is 10.6. The van der Waals surface area contributed by atoms with Crippen molar-refractivity contribution in [3.63, 3.8) is 0 Å². The molecule has 0 aliphatic heterocycles. The van der Waals surface area contributed by atoms with Gasteiger partial charge in [0.15, 0.2) is 0 Å². The fourth-order valence-electron chi connectivity index (χ4n) is 2.88. The number of benzene rings is 1. The first-order valence-corrected chi connectivity index (χ1v) is 7.18. The van der Waals surface area contributed by atoms with E-state index in [2.05, 4.69) is 11.9 Å². The fourth-order valence-corrected chi connectivity index (χ4v) is 3.36. The van der Waals surface area contributed by atoms with Crippen molar-refractivity contribution in [3.8, 4) is 0 Å². The molecule has 0 radical (unpaired) electrons. The van der Waals surface area contributed by atoms with E-state index in [0.717, 1.165) is 22.4 Å². The molecule has 0 spiro atoms. The van der Waals surface area contributed by atoms with Crippen molar-refractivity contribution in [2.45, 2.75) is 43.8 Å². The lowest BCUT2D eigenvalue weighted by Crippen LogP contribution is -2.20. The number of nitrogens with zero attached hydrogens (tertiary/aromatic N) is 2. The molecular formula is C15H18N2S. The van der Waals surface area contributed by atoms with Crippen LogP contribution in [0.15, 0.2) is 24.3 Å². The van der Waals surface area contributed by atoms with E-state index in [1.807, 2.05) is 24.3 Å². The summed E-state index contributed by atoms with van der Waals surface area (Å²) in [6.07, 6.45) is 4.98. The van der Waals surface area contributed by atoms with Gasteiger partial charge in [0.25, 0.3) is 0 Å². The maximum Gasteiger partial charge on any atom is 0.0890 e. The molecule has 0 bridgehead atoms. The minimum absolute atomic E-state index is 0.438. The normalized spacial score (nSPS) is 24.3. The lowest BCUT2D eigenvalue weighted by Gasteiger charge is -2.28. The molecule has 2 aromatic rings. The van der Waals surface area contributed by atoms with Gasteiger partial charge in [-0.2, -0.15) is 12.6 Å². The second kappa shape index (κ2) is 4.88. The summed E-state index contributed by atoms with van der Waals surface area (Å²) >= 11 is 4.74. The Bertz CT molecular complexity index is 567. The van der Waals surface area contributed by atoms with E-state index in [4.69, 9.17) is 17.6 Å². The average molecular weight is 258 g/mol. The van der Waals surface area contributed by atoms with Crippen LogP contribution in [-0.2, 0) is 0 Å². The summed E-state index contributed by atoms with van der Waals surface area (Å²) in [6, 6.07) is 8.10. The molecule has 0 saturated heterocycles. The highest BCUT2D eigenvalue weighted by Crippen LogP contribution is 2.36. The topological polar surface area (TPSA) is 25.8 Å². The Kier molecular flexibility index (Phi) is 3.25. The Morgan fingerprint density at radius 2 is 1.72 bits per heavy atom. The van der Waals surface area contributed by atoms with E-state index in [9.17, 15) is 0 Å². The van der Waals surface area contributed by atoms with E-state index < -0.39 is 0 Å². The summed E-state index contributed by atoms with van der Waals surface area (Å²) in [5.41, 5.74) is 4.22. The minimum Gasteiger partial charge on any atom is -0.250 e. The van der Waals surface area contributed by atoms with Crippen LogP contribution < -0.4 is 0 Å². The van der Waals surface area contributed by atoms with Gasteiger partial charge in [0.2, 0.25) is 0 Å². The van der Waals surface area contributed by atoms with Crippen LogP contribution in [0, 0.1) is 6.92 Å². The van der Waals surface area contributed by atoms with Gasteiger partial charge in [-0.05, 0) is 31.9 Å². The lowest BCUT2D eigenvalue weighted by atomic mass is 9.85. The minimum atomic E-state index is 0.438. The first-order chi connectivity index (χ1) is 8.75. The third kappa shape index (κ3) is 2.12. The van der Waals surface area contributed by atoms with Gasteiger partial charge in [0.05, 0.1) is 22.4 Å². The van der Waals surface area contributed by atoms with E-state index in [1.54, 1.807) is 0 Å². The summed E-state index contributed by atoms with van der Waals surface area (Å²) in [4.78, 5) is 9.53. The Morgan fingerprint density at radius 1 is 1.06 bits per heavy atom. The summed E-state index contributed by atoms with van der Waals surface area (Å²) in [5.74, 6) is 0.471. The van der Waals surface area contributed by atoms with E-state index in [1.165, 1.54) is 25.7 Å². The maximum absolute atomic E-state index is 4.84. The maximum atomic E-state index is 4.84. The zero-order valence-corrected chi connectivity index (χ0v) is 11.5. The molecule has 3 rings (SSSR count). The van der Waals surface area contributed by atoms with Crippen LogP contribution in [0.1, 0.15) is 43.0 Å². The SMILES string of the molecule is Cc1nc2ccccc2nc1C1CCCCC1S. The van der Waals surface area contributed by atoms with Crippen LogP contribution in [0.4, 0.5) is 0 Å². The molecule has 2 nitrogen and oxygen atoms in total. The molecule has 1 fully saturated rings. The Hall–Kier alpha value is -1.09. The first kappa shape index (κ1) is 12.0. The van der Waals surface area contributed by atoms with Crippen LogP contribution >= 0.6 is 12.6 Å². The third-order valence-corrected chi connectivity index (χ3v) is 4.48. The zero-order chi connectivity index (χ0) is 12.5. The van der Waals surface area contributed by atoms with Crippen molar-refractivity contribution < 1.29 is 0 Å². The van der Waals surface area contributed by atoms with Crippen molar-refractivity contribution in [2.24, 2.45) is 0 Å². The summed E-state index contributed by atoms with van der Waals surface area (Å²) < 4.78 is 0. The van der Waals surface area contributed by atoms with E-state index >= 15 is 0 Å². The number of aromatic nitrogens is 2.